The van der Waals surface area contributed by atoms with Gasteiger partial charge in [-0.05, 0) is 45.3 Å². The van der Waals surface area contributed by atoms with Crippen LogP contribution in [0.25, 0.3) is 10.9 Å². The molecule has 3 nitrogen and oxygen atoms in total. The standard InChI is InChI=1S/C17H22N2O/c1-11-5-4-6-14-15(12(2)19(3)16(11)14)17(20)13-7-9-18-10-8-13/h4-6,13,18H,7-10H2,1-3H3. The van der Waals surface area contributed by atoms with E-state index in [1.54, 1.807) is 0 Å². The number of benzene rings is 1. The van der Waals surface area contributed by atoms with Crippen molar-refractivity contribution in [3.05, 3.63) is 35.0 Å². The number of rotatable bonds is 2. The summed E-state index contributed by atoms with van der Waals surface area (Å²) in [5.74, 6) is 0.515. The van der Waals surface area contributed by atoms with Gasteiger partial charge in [-0.15, -0.1) is 0 Å². The third-order valence-corrected chi connectivity index (χ3v) is 4.66. The minimum atomic E-state index is 0.182. The van der Waals surface area contributed by atoms with Gasteiger partial charge in [0.15, 0.2) is 5.78 Å². The van der Waals surface area contributed by atoms with Crippen molar-refractivity contribution in [1.29, 1.82) is 0 Å². The smallest absolute Gasteiger partial charge is 0.168 e. The number of nitrogens with one attached hydrogen (secondary N) is 1. The van der Waals surface area contributed by atoms with E-state index in [2.05, 4.69) is 49.0 Å². The molecule has 0 amide bonds. The number of carbonyl (C=O) groups is 1. The first-order valence-electron chi connectivity index (χ1n) is 7.40. The second-order valence-corrected chi connectivity index (χ2v) is 5.88. The van der Waals surface area contributed by atoms with Crippen molar-refractivity contribution in [2.45, 2.75) is 26.7 Å². The summed E-state index contributed by atoms with van der Waals surface area (Å²) in [6.45, 7) is 6.09. The molecule has 1 aliphatic rings. The minimum Gasteiger partial charge on any atom is -0.347 e. The molecular formula is C17H22N2O. The van der Waals surface area contributed by atoms with Gasteiger partial charge in [-0.1, -0.05) is 18.2 Å². The third kappa shape index (κ3) is 1.97. The molecule has 0 unspecified atom stereocenters. The molecule has 1 aromatic heterocycles. The molecule has 0 bridgehead atoms. The molecule has 1 fully saturated rings. The number of hydrogen-bond acceptors (Lipinski definition) is 2. The van der Waals surface area contributed by atoms with E-state index in [9.17, 15) is 4.79 Å². The van der Waals surface area contributed by atoms with Crippen LogP contribution in [-0.2, 0) is 7.05 Å². The number of aryl methyl sites for hydroxylation is 2. The quantitative estimate of drug-likeness (QED) is 0.851. The van der Waals surface area contributed by atoms with E-state index in [1.807, 2.05) is 0 Å². The number of para-hydroxylation sites is 1. The van der Waals surface area contributed by atoms with Gasteiger partial charge in [-0.25, -0.2) is 0 Å². The number of aromatic nitrogens is 1. The Morgan fingerprint density at radius 3 is 2.65 bits per heavy atom. The van der Waals surface area contributed by atoms with Gasteiger partial charge in [0.2, 0.25) is 0 Å². The molecule has 20 heavy (non-hydrogen) atoms. The molecule has 1 aliphatic heterocycles. The second kappa shape index (κ2) is 5.06. The van der Waals surface area contributed by atoms with Crippen molar-refractivity contribution >= 4 is 16.7 Å². The maximum absolute atomic E-state index is 12.9. The molecule has 1 aromatic carbocycles. The Balaban J connectivity index is 2.13. The Labute approximate surface area is 120 Å². The highest BCUT2D eigenvalue weighted by molar-refractivity contribution is 6.11. The Morgan fingerprint density at radius 1 is 1.25 bits per heavy atom. The van der Waals surface area contributed by atoms with Crippen LogP contribution >= 0.6 is 0 Å². The summed E-state index contributed by atoms with van der Waals surface area (Å²) in [4.78, 5) is 12.9. The van der Waals surface area contributed by atoms with Crippen LogP contribution in [0.5, 0.6) is 0 Å². The maximum atomic E-state index is 12.9. The highest BCUT2D eigenvalue weighted by atomic mass is 16.1. The Morgan fingerprint density at radius 2 is 1.95 bits per heavy atom. The van der Waals surface area contributed by atoms with Crippen molar-refractivity contribution in [3.8, 4) is 0 Å². The number of Topliss-reactive ketones (excluding diaryl/α,β-unsaturated/α-hetero) is 1. The zero-order valence-electron chi connectivity index (χ0n) is 12.5. The first-order valence-corrected chi connectivity index (χ1v) is 7.40. The predicted octanol–water partition coefficient (Wildman–Crippen LogP) is 2.98. The summed E-state index contributed by atoms with van der Waals surface area (Å²) in [6, 6.07) is 6.25. The van der Waals surface area contributed by atoms with Gasteiger partial charge >= 0.3 is 0 Å². The van der Waals surface area contributed by atoms with Gasteiger partial charge in [0.25, 0.3) is 0 Å². The molecule has 106 valence electrons. The summed E-state index contributed by atoms with van der Waals surface area (Å²) in [6.07, 6.45) is 1.92. The number of piperidine rings is 1. The number of ketones is 1. The summed E-state index contributed by atoms with van der Waals surface area (Å²) in [7, 11) is 2.06. The van der Waals surface area contributed by atoms with Crippen LogP contribution in [-0.4, -0.2) is 23.4 Å². The SMILES string of the molecule is Cc1cccc2c(C(=O)C3CCNCC3)c(C)n(C)c12. The van der Waals surface area contributed by atoms with E-state index in [4.69, 9.17) is 0 Å². The molecule has 2 aromatic rings. The Kier molecular flexibility index (Phi) is 3.38. The van der Waals surface area contributed by atoms with Crippen LogP contribution < -0.4 is 5.32 Å². The maximum Gasteiger partial charge on any atom is 0.168 e. The lowest BCUT2D eigenvalue weighted by atomic mass is 9.88. The molecule has 0 aliphatic carbocycles. The van der Waals surface area contributed by atoms with Gasteiger partial charge in [0.05, 0.1) is 5.52 Å². The van der Waals surface area contributed by atoms with Gasteiger partial charge in [0, 0.05) is 29.6 Å². The molecule has 1 N–H and O–H groups in total. The van der Waals surface area contributed by atoms with Crippen molar-refractivity contribution in [3.63, 3.8) is 0 Å². The summed E-state index contributed by atoms with van der Waals surface area (Å²) in [5.41, 5.74) is 4.47. The van der Waals surface area contributed by atoms with Crippen molar-refractivity contribution in [2.75, 3.05) is 13.1 Å². The van der Waals surface area contributed by atoms with Crippen molar-refractivity contribution in [1.82, 2.24) is 9.88 Å². The summed E-state index contributed by atoms with van der Waals surface area (Å²) in [5, 5.41) is 4.45. The van der Waals surface area contributed by atoms with Gasteiger partial charge in [-0.2, -0.15) is 0 Å². The largest absolute Gasteiger partial charge is 0.347 e. The number of hydrogen-bond donors (Lipinski definition) is 1. The third-order valence-electron chi connectivity index (χ3n) is 4.66. The lowest BCUT2D eigenvalue weighted by Crippen LogP contribution is -2.32. The van der Waals surface area contributed by atoms with Crippen LogP contribution in [0.3, 0.4) is 0 Å². The molecular weight excluding hydrogens is 248 g/mol. The van der Waals surface area contributed by atoms with E-state index in [1.165, 1.54) is 11.1 Å². The Hall–Kier alpha value is -1.61. The van der Waals surface area contributed by atoms with Gasteiger partial charge in [-0.3, -0.25) is 4.79 Å². The fourth-order valence-corrected chi connectivity index (χ4v) is 3.44. The Bertz CT molecular complexity index is 663. The molecule has 0 atom stereocenters. The predicted molar refractivity (Wildman–Crippen MR) is 82.3 cm³/mol. The lowest BCUT2D eigenvalue weighted by molar-refractivity contribution is 0.0896. The average Bonchev–Trinajstić information content (AvgIpc) is 2.72. The molecule has 0 saturated carbocycles. The molecule has 1 saturated heterocycles. The van der Waals surface area contributed by atoms with Crippen LogP contribution in [0.2, 0.25) is 0 Å². The first-order chi connectivity index (χ1) is 9.61. The molecule has 3 rings (SSSR count). The minimum absolute atomic E-state index is 0.182. The van der Waals surface area contributed by atoms with E-state index in [-0.39, 0.29) is 5.92 Å². The van der Waals surface area contributed by atoms with Crippen LogP contribution in [0.1, 0.15) is 34.5 Å². The van der Waals surface area contributed by atoms with Gasteiger partial charge < -0.3 is 9.88 Å². The highest BCUT2D eigenvalue weighted by Crippen LogP contribution is 2.31. The van der Waals surface area contributed by atoms with E-state index in [0.717, 1.165) is 42.6 Å². The summed E-state index contributed by atoms with van der Waals surface area (Å²) >= 11 is 0. The zero-order chi connectivity index (χ0) is 14.3. The molecule has 0 radical (unpaired) electrons. The number of carbonyl (C=O) groups excluding carboxylic acids is 1. The lowest BCUT2D eigenvalue weighted by Gasteiger charge is -2.21. The van der Waals surface area contributed by atoms with E-state index in [0.29, 0.717) is 5.78 Å². The zero-order valence-corrected chi connectivity index (χ0v) is 12.5. The second-order valence-electron chi connectivity index (χ2n) is 5.88. The molecule has 0 spiro atoms. The fraction of sp³-hybridized carbons (Fsp3) is 0.471. The van der Waals surface area contributed by atoms with Gasteiger partial charge in [0.1, 0.15) is 0 Å². The van der Waals surface area contributed by atoms with Crippen LogP contribution in [0.15, 0.2) is 18.2 Å². The van der Waals surface area contributed by atoms with E-state index < -0.39 is 0 Å². The monoisotopic (exact) mass is 270 g/mol. The van der Waals surface area contributed by atoms with Crippen LogP contribution in [0.4, 0.5) is 0 Å². The highest BCUT2D eigenvalue weighted by Gasteiger charge is 2.27. The van der Waals surface area contributed by atoms with Crippen molar-refractivity contribution in [2.24, 2.45) is 13.0 Å². The molecule has 2 heterocycles. The average molecular weight is 270 g/mol. The van der Waals surface area contributed by atoms with E-state index >= 15 is 0 Å². The fourth-order valence-electron chi connectivity index (χ4n) is 3.44. The first kappa shape index (κ1) is 13.4. The molecule has 3 heteroatoms. The topological polar surface area (TPSA) is 34.0 Å². The van der Waals surface area contributed by atoms with Crippen molar-refractivity contribution < 1.29 is 4.79 Å². The normalized spacial score (nSPS) is 16.8. The van der Waals surface area contributed by atoms with Crippen LogP contribution in [0, 0.1) is 19.8 Å². The number of fused-ring (bicyclic) bond motifs is 1. The summed E-state index contributed by atoms with van der Waals surface area (Å²) < 4.78 is 2.17. The number of nitrogens with zero attached hydrogens (tertiary/aromatic N) is 1.